The topological polar surface area (TPSA) is 29.8 Å². The molecule has 96 valence electrons. The maximum atomic E-state index is 5.81. The summed E-state index contributed by atoms with van der Waals surface area (Å²) in [4.78, 5) is 6.64. The fourth-order valence-electron chi connectivity index (χ4n) is 2.59. The minimum Gasteiger partial charge on any atom is -0.493 e. The summed E-state index contributed by atoms with van der Waals surface area (Å²) < 4.78 is 7.79. The van der Waals surface area contributed by atoms with Gasteiger partial charge in [0.25, 0.3) is 0 Å². The predicted molar refractivity (Wildman–Crippen MR) is 70.9 cm³/mol. The van der Waals surface area contributed by atoms with E-state index in [4.69, 9.17) is 4.74 Å². The molecule has 3 rings (SSSR count). The summed E-state index contributed by atoms with van der Waals surface area (Å²) in [5.74, 6) is 1.71. The van der Waals surface area contributed by atoms with Crippen LogP contribution in [0, 0.1) is 5.92 Å². The molecule has 1 unspecified atom stereocenters. The van der Waals surface area contributed by atoms with Crippen LogP contribution >= 0.6 is 0 Å². The first-order chi connectivity index (χ1) is 8.81. The second-order valence-electron chi connectivity index (χ2n) is 5.11. The van der Waals surface area contributed by atoms with Crippen LogP contribution in [-0.2, 0) is 0 Å². The second-order valence-corrected chi connectivity index (χ2v) is 5.11. The van der Waals surface area contributed by atoms with Crippen LogP contribution in [0.5, 0.6) is 5.75 Å². The van der Waals surface area contributed by atoms with Crippen molar-refractivity contribution >= 4 is 5.65 Å². The van der Waals surface area contributed by atoms with Crippen molar-refractivity contribution in [2.24, 2.45) is 5.92 Å². The maximum absolute atomic E-state index is 5.81. The molecule has 0 radical (unpaired) electrons. The lowest BCUT2D eigenvalue weighted by molar-refractivity contribution is 0.276. The van der Waals surface area contributed by atoms with Gasteiger partial charge >= 0.3 is 0 Å². The Hall–Kier alpha value is -1.55. The third kappa shape index (κ3) is 2.48. The molecule has 0 aromatic carbocycles. The van der Waals surface area contributed by atoms with Crippen LogP contribution in [0.1, 0.15) is 12.8 Å². The average Bonchev–Trinajstić information content (AvgIpc) is 2.97. The highest BCUT2D eigenvalue weighted by atomic mass is 16.5. The summed E-state index contributed by atoms with van der Waals surface area (Å²) in [6.07, 6.45) is 8.17. The molecule has 1 atom stereocenters. The smallest absolute Gasteiger partial charge is 0.140 e. The molecule has 1 aliphatic heterocycles. The molecule has 0 N–H and O–H groups in total. The number of hydrogen-bond donors (Lipinski definition) is 0. The summed E-state index contributed by atoms with van der Waals surface area (Å²) in [7, 11) is 2.19. The highest BCUT2D eigenvalue weighted by Gasteiger charge is 2.18. The summed E-state index contributed by atoms with van der Waals surface area (Å²) in [5, 5.41) is 0. The molecule has 18 heavy (non-hydrogen) atoms. The van der Waals surface area contributed by atoms with Gasteiger partial charge in [0.15, 0.2) is 0 Å². The van der Waals surface area contributed by atoms with Crippen molar-refractivity contribution < 1.29 is 4.74 Å². The number of aromatic nitrogens is 2. The van der Waals surface area contributed by atoms with Crippen molar-refractivity contribution in [3.63, 3.8) is 0 Å². The van der Waals surface area contributed by atoms with E-state index in [2.05, 4.69) is 16.9 Å². The fraction of sp³-hybridized carbons (Fsp3) is 0.500. The Morgan fingerprint density at radius 3 is 3.22 bits per heavy atom. The Labute approximate surface area is 107 Å². The molecule has 0 bridgehead atoms. The van der Waals surface area contributed by atoms with Crippen LogP contribution in [-0.4, -0.2) is 41.0 Å². The van der Waals surface area contributed by atoms with Gasteiger partial charge in [-0.25, -0.2) is 4.98 Å². The minimum atomic E-state index is 0.796. The molecule has 4 heteroatoms. The zero-order chi connectivity index (χ0) is 12.4. The first kappa shape index (κ1) is 11.5. The first-order valence-electron chi connectivity index (χ1n) is 6.55. The minimum absolute atomic E-state index is 0.796. The highest BCUT2D eigenvalue weighted by molar-refractivity contribution is 5.43. The van der Waals surface area contributed by atoms with Gasteiger partial charge < -0.3 is 14.0 Å². The van der Waals surface area contributed by atoms with E-state index in [9.17, 15) is 0 Å². The maximum Gasteiger partial charge on any atom is 0.140 e. The van der Waals surface area contributed by atoms with Crippen LogP contribution in [0.15, 0.2) is 30.7 Å². The van der Waals surface area contributed by atoms with Crippen LogP contribution in [0.3, 0.4) is 0 Å². The van der Waals surface area contributed by atoms with Crippen LogP contribution in [0.2, 0.25) is 0 Å². The largest absolute Gasteiger partial charge is 0.493 e. The van der Waals surface area contributed by atoms with E-state index < -0.39 is 0 Å². The van der Waals surface area contributed by atoms with Crippen LogP contribution < -0.4 is 4.74 Å². The Balaban J connectivity index is 1.53. The van der Waals surface area contributed by atoms with Crippen molar-refractivity contribution in [1.82, 2.24) is 14.3 Å². The number of nitrogens with zero attached hydrogens (tertiary/aromatic N) is 3. The SMILES string of the molecule is CN1CCC(CCOc2ccn3ccnc3c2)C1. The Kier molecular flexibility index (Phi) is 3.19. The molecule has 2 aromatic rings. The van der Waals surface area contributed by atoms with E-state index in [1.165, 1.54) is 19.5 Å². The summed E-state index contributed by atoms with van der Waals surface area (Å²) in [6.45, 7) is 3.24. The summed E-state index contributed by atoms with van der Waals surface area (Å²) in [5.41, 5.74) is 0.938. The number of rotatable bonds is 4. The molecule has 0 saturated carbocycles. The van der Waals surface area contributed by atoms with Crippen molar-refractivity contribution in [2.45, 2.75) is 12.8 Å². The molecule has 4 nitrogen and oxygen atoms in total. The Morgan fingerprint density at radius 2 is 2.39 bits per heavy atom. The molecule has 1 fully saturated rings. The van der Waals surface area contributed by atoms with Crippen molar-refractivity contribution in [3.05, 3.63) is 30.7 Å². The molecular weight excluding hydrogens is 226 g/mol. The van der Waals surface area contributed by atoms with Gasteiger partial charge in [0.2, 0.25) is 0 Å². The molecule has 2 aromatic heterocycles. The standard InChI is InChI=1S/C14H19N3O/c1-16-6-2-12(11-16)4-9-18-13-3-7-17-8-5-15-14(17)10-13/h3,5,7-8,10,12H,2,4,6,9,11H2,1H3. The zero-order valence-electron chi connectivity index (χ0n) is 10.7. The third-order valence-corrected chi connectivity index (χ3v) is 3.65. The van der Waals surface area contributed by atoms with Gasteiger partial charge in [0.1, 0.15) is 11.4 Å². The number of pyridine rings is 1. The molecule has 0 spiro atoms. The number of fused-ring (bicyclic) bond motifs is 1. The molecule has 0 amide bonds. The number of ether oxygens (including phenoxy) is 1. The van der Waals surface area contributed by atoms with Gasteiger partial charge in [-0.1, -0.05) is 0 Å². The molecular formula is C14H19N3O. The van der Waals surface area contributed by atoms with E-state index in [0.717, 1.165) is 30.3 Å². The fourth-order valence-corrected chi connectivity index (χ4v) is 2.59. The summed E-state index contributed by atoms with van der Waals surface area (Å²) >= 11 is 0. The van der Waals surface area contributed by atoms with Gasteiger partial charge in [-0.2, -0.15) is 0 Å². The van der Waals surface area contributed by atoms with Gasteiger partial charge in [-0.3, -0.25) is 0 Å². The third-order valence-electron chi connectivity index (χ3n) is 3.65. The number of hydrogen-bond acceptors (Lipinski definition) is 3. The average molecular weight is 245 g/mol. The zero-order valence-corrected chi connectivity index (χ0v) is 10.7. The summed E-state index contributed by atoms with van der Waals surface area (Å²) in [6, 6.07) is 3.98. The van der Waals surface area contributed by atoms with E-state index in [0.29, 0.717) is 0 Å². The monoisotopic (exact) mass is 245 g/mol. The lowest BCUT2D eigenvalue weighted by Gasteiger charge is -2.11. The second kappa shape index (κ2) is 4.98. The lowest BCUT2D eigenvalue weighted by atomic mass is 10.1. The van der Waals surface area contributed by atoms with Gasteiger partial charge in [0, 0.05) is 31.2 Å². The Bertz CT molecular complexity index is 522. The van der Waals surface area contributed by atoms with E-state index in [1.807, 2.05) is 28.9 Å². The lowest BCUT2D eigenvalue weighted by Crippen LogP contribution is -2.15. The van der Waals surface area contributed by atoms with Crippen molar-refractivity contribution in [1.29, 1.82) is 0 Å². The highest BCUT2D eigenvalue weighted by Crippen LogP contribution is 2.19. The van der Waals surface area contributed by atoms with Crippen LogP contribution in [0.25, 0.3) is 5.65 Å². The van der Waals surface area contributed by atoms with E-state index in [1.54, 1.807) is 6.20 Å². The van der Waals surface area contributed by atoms with Gasteiger partial charge in [-0.05, 0) is 38.4 Å². The van der Waals surface area contributed by atoms with Crippen LogP contribution in [0.4, 0.5) is 0 Å². The number of imidazole rings is 1. The van der Waals surface area contributed by atoms with Gasteiger partial charge in [0.05, 0.1) is 6.61 Å². The van der Waals surface area contributed by atoms with Crippen molar-refractivity contribution in [2.75, 3.05) is 26.7 Å². The molecule has 3 heterocycles. The number of likely N-dealkylation sites (tertiary alicyclic amines) is 1. The quantitative estimate of drug-likeness (QED) is 0.825. The molecule has 1 aliphatic rings. The van der Waals surface area contributed by atoms with Gasteiger partial charge in [-0.15, -0.1) is 0 Å². The first-order valence-corrected chi connectivity index (χ1v) is 6.55. The predicted octanol–water partition coefficient (Wildman–Crippen LogP) is 2.05. The normalized spacial score (nSPS) is 20.6. The van der Waals surface area contributed by atoms with Crippen molar-refractivity contribution in [3.8, 4) is 5.75 Å². The molecule has 0 aliphatic carbocycles. The van der Waals surface area contributed by atoms with E-state index in [-0.39, 0.29) is 0 Å². The van der Waals surface area contributed by atoms with E-state index >= 15 is 0 Å². The Morgan fingerprint density at radius 1 is 1.44 bits per heavy atom. The molecule has 1 saturated heterocycles.